The van der Waals surface area contributed by atoms with Crippen LogP contribution in [0.4, 0.5) is 15.8 Å². The molecule has 122 valence electrons. The SMILES string of the molecule is CC(=O)Nc1cc(NC(=O)c2cc3cc(Cl)ccc3o2)ccc1F. The largest absolute Gasteiger partial charge is 0.451 e. The summed E-state index contributed by atoms with van der Waals surface area (Å²) in [5.41, 5.74) is 0.836. The molecule has 2 N–H and O–H groups in total. The van der Waals surface area contributed by atoms with Crippen LogP contribution in [0.5, 0.6) is 0 Å². The maximum absolute atomic E-state index is 13.6. The Balaban J connectivity index is 1.84. The normalized spacial score (nSPS) is 10.6. The molecule has 1 aromatic heterocycles. The van der Waals surface area contributed by atoms with Crippen molar-refractivity contribution in [3.63, 3.8) is 0 Å². The van der Waals surface area contributed by atoms with Crippen LogP contribution in [0.2, 0.25) is 5.02 Å². The number of halogens is 2. The van der Waals surface area contributed by atoms with Gasteiger partial charge in [0.05, 0.1) is 5.69 Å². The highest BCUT2D eigenvalue weighted by Crippen LogP contribution is 2.24. The van der Waals surface area contributed by atoms with Crippen molar-refractivity contribution >= 4 is 45.8 Å². The highest BCUT2D eigenvalue weighted by Gasteiger charge is 2.14. The van der Waals surface area contributed by atoms with Crippen molar-refractivity contribution in [3.05, 3.63) is 59.1 Å². The van der Waals surface area contributed by atoms with Crippen LogP contribution in [0.15, 0.2) is 46.9 Å². The summed E-state index contributed by atoms with van der Waals surface area (Å²) in [4.78, 5) is 23.3. The van der Waals surface area contributed by atoms with Gasteiger partial charge >= 0.3 is 0 Å². The maximum atomic E-state index is 13.6. The third kappa shape index (κ3) is 3.38. The lowest BCUT2D eigenvalue weighted by Crippen LogP contribution is -2.12. The lowest BCUT2D eigenvalue weighted by molar-refractivity contribution is -0.114. The number of carbonyl (C=O) groups is 2. The number of hydrogen-bond donors (Lipinski definition) is 2. The van der Waals surface area contributed by atoms with Gasteiger partial charge in [0.2, 0.25) is 5.91 Å². The Bertz CT molecular complexity index is 952. The van der Waals surface area contributed by atoms with Crippen molar-refractivity contribution in [2.75, 3.05) is 10.6 Å². The highest BCUT2D eigenvalue weighted by atomic mass is 35.5. The molecule has 0 spiro atoms. The summed E-state index contributed by atoms with van der Waals surface area (Å²) in [6.45, 7) is 1.27. The van der Waals surface area contributed by atoms with Crippen molar-refractivity contribution < 1.29 is 18.4 Å². The Kier molecular flexibility index (Phi) is 4.22. The minimum atomic E-state index is -0.596. The van der Waals surface area contributed by atoms with Crippen molar-refractivity contribution in [2.45, 2.75) is 6.92 Å². The molecule has 0 aliphatic carbocycles. The van der Waals surface area contributed by atoms with E-state index in [2.05, 4.69) is 10.6 Å². The Hall–Kier alpha value is -2.86. The first-order chi connectivity index (χ1) is 11.4. The van der Waals surface area contributed by atoms with Crippen LogP contribution in [-0.2, 0) is 4.79 Å². The van der Waals surface area contributed by atoms with Gasteiger partial charge in [0.1, 0.15) is 11.4 Å². The predicted octanol–water partition coefficient (Wildman–Crippen LogP) is 4.44. The summed E-state index contributed by atoms with van der Waals surface area (Å²) >= 11 is 5.90. The van der Waals surface area contributed by atoms with Gasteiger partial charge in [0, 0.05) is 23.0 Å². The van der Waals surface area contributed by atoms with E-state index < -0.39 is 17.6 Å². The molecule has 2 amide bonds. The molecular weight excluding hydrogens is 335 g/mol. The number of anilines is 2. The van der Waals surface area contributed by atoms with Crippen LogP contribution in [0, 0.1) is 5.82 Å². The number of carbonyl (C=O) groups excluding carboxylic acids is 2. The van der Waals surface area contributed by atoms with Gasteiger partial charge in [-0.25, -0.2) is 4.39 Å². The molecule has 2 aromatic carbocycles. The van der Waals surface area contributed by atoms with E-state index in [4.69, 9.17) is 16.0 Å². The maximum Gasteiger partial charge on any atom is 0.291 e. The van der Waals surface area contributed by atoms with E-state index in [0.29, 0.717) is 21.7 Å². The van der Waals surface area contributed by atoms with Crippen molar-refractivity contribution in [3.8, 4) is 0 Å². The topological polar surface area (TPSA) is 71.3 Å². The quantitative estimate of drug-likeness (QED) is 0.736. The molecule has 3 aromatic rings. The fourth-order valence-corrected chi connectivity index (χ4v) is 2.39. The van der Waals surface area contributed by atoms with Gasteiger partial charge in [-0.05, 0) is 42.5 Å². The van der Waals surface area contributed by atoms with E-state index in [1.165, 1.54) is 19.1 Å². The Morgan fingerprint density at radius 2 is 1.88 bits per heavy atom. The first kappa shape index (κ1) is 16.0. The van der Waals surface area contributed by atoms with Gasteiger partial charge < -0.3 is 15.1 Å². The summed E-state index contributed by atoms with van der Waals surface area (Å²) < 4.78 is 19.1. The summed E-state index contributed by atoms with van der Waals surface area (Å²) in [5.74, 6) is -1.41. The molecule has 0 aliphatic heterocycles. The van der Waals surface area contributed by atoms with E-state index in [1.807, 2.05) is 0 Å². The number of furan rings is 1. The molecule has 0 fully saturated rings. The van der Waals surface area contributed by atoms with Gasteiger partial charge in [-0.1, -0.05) is 11.6 Å². The van der Waals surface area contributed by atoms with E-state index in [-0.39, 0.29) is 11.4 Å². The zero-order valence-electron chi connectivity index (χ0n) is 12.5. The Morgan fingerprint density at radius 3 is 2.62 bits per heavy atom. The standard InChI is InChI=1S/C17H12ClFN2O3/c1-9(22)20-14-8-12(3-4-13(14)19)21-17(23)16-7-10-6-11(18)2-5-15(10)24-16/h2-8H,1H3,(H,20,22)(H,21,23). The first-order valence-electron chi connectivity index (χ1n) is 7.00. The summed E-state index contributed by atoms with van der Waals surface area (Å²) in [7, 11) is 0. The molecule has 24 heavy (non-hydrogen) atoms. The monoisotopic (exact) mass is 346 g/mol. The predicted molar refractivity (Wildman–Crippen MR) is 89.9 cm³/mol. The number of fused-ring (bicyclic) bond motifs is 1. The average molecular weight is 347 g/mol. The first-order valence-corrected chi connectivity index (χ1v) is 7.38. The van der Waals surface area contributed by atoms with Crippen molar-refractivity contribution in [2.24, 2.45) is 0 Å². The van der Waals surface area contributed by atoms with Crippen molar-refractivity contribution in [1.29, 1.82) is 0 Å². The number of benzene rings is 2. The highest BCUT2D eigenvalue weighted by molar-refractivity contribution is 6.31. The second-order valence-electron chi connectivity index (χ2n) is 5.12. The number of rotatable bonds is 3. The summed E-state index contributed by atoms with van der Waals surface area (Å²) in [6.07, 6.45) is 0. The zero-order chi connectivity index (χ0) is 17.3. The second kappa shape index (κ2) is 6.33. The fourth-order valence-electron chi connectivity index (χ4n) is 2.21. The minimum absolute atomic E-state index is 0.0170. The van der Waals surface area contributed by atoms with Crippen LogP contribution in [-0.4, -0.2) is 11.8 Å². The molecule has 0 atom stereocenters. The molecule has 3 rings (SSSR count). The van der Waals surface area contributed by atoms with Crippen LogP contribution in [0.25, 0.3) is 11.0 Å². The van der Waals surface area contributed by atoms with E-state index in [0.717, 1.165) is 6.07 Å². The van der Waals surface area contributed by atoms with E-state index >= 15 is 0 Å². The van der Waals surface area contributed by atoms with E-state index in [9.17, 15) is 14.0 Å². The van der Waals surface area contributed by atoms with Gasteiger partial charge in [0.15, 0.2) is 5.76 Å². The Labute approximate surface area is 141 Å². The lowest BCUT2D eigenvalue weighted by atomic mass is 10.2. The smallest absolute Gasteiger partial charge is 0.291 e. The molecule has 7 heteroatoms. The molecular formula is C17H12ClFN2O3. The Morgan fingerprint density at radius 1 is 1.08 bits per heavy atom. The molecule has 1 heterocycles. The third-order valence-corrected chi connectivity index (χ3v) is 3.47. The second-order valence-corrected chi connectivity index (χ2v) is 5.56. The van der Waals surface area contributed by atoms with Crippen LogP contribution in [0.3, 0.4) is 0 Å². The number of hydrogen-bond acceptors (Lipinski definition) is 3. The average Bonchev–Trinajstić information content (AvgIpc) is 2.93. The molecule has 0 aliphatic rings. The number of amides is 2. The van der Waals surface area contributed by atoms with Crippen LogP contribution < -0.4 is 10.6 Å². The lowest BCUT2D eigenvalue weighted by Gasteiger charge is -2.08. The summed E-state index contributed by atoms with van der Waals surface area (Å²) in [5, 5.41) is 6.18. The molecule has 0 bridgehead atoms. The van der Waals surface area contributed by atoms with E-state index in [1.54, 1.807) is 24.3 Å². The molecule has 0 radical (unpaired) electrons. The number of nitrogens with one attached hydrogen (secondary N) is 2. The molecule has 0 saturated carbocycles. The van der Waals surface area contributed by atoms with Gasteiger partial charge in [-0.2, -0.15) is 0 Å². The molecule has 5 nitrogen and oxygen atoms in total. The minimum Gasteiger partial charge on any atom is -0.451 e. The third-order valence-electron chi connectivity index (χ3n) is 3.24. The molecule has 0 saturated heterocycles. The van der Waals surface area contributed by atoms with Crippen LogP contribution >= 0.6 is 11.6 Å². The van der Waals surface area contributed by atoms with Crippen LogP contribution in [0.1, 0.15) is 17.5 Å². The fraction of sp³-hybridized carbons (Fsp3) is 0.0588. The van der Waals surface area contributed by atoms with Crippen molar-refractivity contribution in [1.82, 2.24) is 0 Å². The summed E-state index contributed by atoms with van der Waals surface area (Å²) in [6, 6.07) is 10.4. The van der Waals surface area contributed by atoms with Gasteiger partial charge in [-0.3, -0.25) is 9.59 Å². The van der Waals surface area contributed by atoms with Gasteiger partial charge in [-0.15, -0.1) is 0 Å². The zero-order valence-corrected chi connectivity index (χ0v) is 13.3. The molecule has 0 unspecified atom stereocenters. The van der Waals surface area contributed by atoms with Gasteiger partial charge in [0.25, 0.3) is 5.91 Å².